The normalized spacial score (nSPS) is 28.4. The number of likely N-dealkylation sites (tertiary alicyclic amines) is 1. The van der Waals surface area contributed by atoms with Gasteiger partial charge in [0.05, 0.1) is 11.7 Å². The van der Waals surface area contributed by atoms with E-state index in [2.05, 4.69) is 45.3 Å². The van der Waals surface area contributed by atoms with Crippen molar-refractivity contribution in [2.24, 2.45) is 5.92 Å². The predicted octanol–water partition coefficient (Wildman–Crippen LogP) is 2.57. The van der Waals surface area contributed by atoms with Crippen molar-refractivity contribution < 1.29 is 4.74 Å². The molecular formula is C13H17BrN2O. The van der Waals surface area contributed by atoms with Gasteiger partial charge in [-0.25, -0.2) is 0 Å². The summed E-state index contributed by atoms with van der Waals surface area (Å²) in [6, 6.07) is 6.62. The highest BCUT2D eigenvalue weighted by Gasteiger charge is 2.31. The second-order valence-corrected chi connectivity index (χ2v) is 5.93. The molecule has 0 spiro atoms. The number of benzene rings is 1. The van der Waals surface area contributed by atoms with Crippen LogP contribution in [0.15, 0.2) is 22.7 Å². The minimum absolute atomic E-state index is 0.452. The zero-order chi connectivity index (χ0) is 11.8. The lowest BCUT2D eigenvalue weighted by Gasteiger charge is -2.31. The smallest absolute Gasteiger partial charge is 0.143 e. The van der Waals surface area contributed by atoms with Crippen LogP contribution in [0.1, 0.15) is 6.42 Å². The van der Waals surface area contributed by atoms with Gasteiger partial charge < -0.3 is 15.0 Å². The second-order valence-electron chi connectivity index (χ2n) is 5.01. The molecule has 0 radical (unpaired) electrons. The maximum atomic E-state index is 5.85. The maximum Gasteiger partial charge on any atom is 0.143 e. The van der Waals surface area contributed by atoms with Gasteiger partial charge in [0, 0.05) is 11.0 Å². The van der Waals surface area contributed by atoms with Crippen LogP contribution in [0.4, 0.5) is 5.69 Å². The van der Waals surface area contributed by atoms with E-state index in [1.54, 1.807) is 0 Å². The van der Waals surface area contributed by atoms with Crippen molar-refractivity contribution in [3.05, 3.63) is 22.7 Å². The topological polar surface area (TPSA) is 24.5 Å². The lowest BCUT2D eigenvalue weighted by Crippen LogP contribution is -2.39. The van der Waals surface area contributed by atoms with Crippen LogP contribution in [0.2, 0.25) is 0 Å². The fourth-order valence-corrected chi connectivity index (χ4v) is 3.05. The Morgan fingerprint density at radius 1 is 1.47 bits per heavy atom. The fraction of sp³-hybridized carbons (Fsp3) is 0.538. The summed E-state index contributed by atoms with van der Waals surface area (Å²) in [7, 11) is 2.19. The zero-order valence-electron chi connectivity index (χ0n) is 9.95. The van der Waals surface area contributed by atoms with E-state index >= 15 is 0 Å². The summed E-state index contributed by atoms with van der Waals surface area (Å²) in [5.74, 6) is 1.67. The van der Waals surface area contributed by atoms with E-state index in [0.29, 0.717) is 12.0 Å². The van der Waals surface area contributed by atoms with Crippen LogP contribution < -0.4 is 10.1 Å². The van der Waals surface area contributed by atoms with Crippen molar-refractivity contribution in [3.63, 3.8) is 0 Å². The van der Waals surface area contributed by atoms with Gasteiger partial charge in [-0.3, -0.25) is 0 Å². The van der Waals surface area contributed by atoms with E-state index in [0.717, 1.165) is 22.5 Å². The molecule has 2 aliphatic heterocycles. The first-order valence-corrected chi connectivity index (χ1v) is 6.89. The molecule has 17 heavy (non-hydrogen) atoms. The highest BCUT2D eigenvalue weighted by Crippen LogP contribution is 2.34. The Kier molecular flexibility index (Phi) is 3.01. The van der Waals surface area contributed by atoms with Gasteiger partial charge in [-0.1, -0.05) is 15.9 Å². The van der Waals surface area contributed by atoms with Gasteiger partial charge >= 0.3 is 0 Å². The molecular weight excluding hydrogens is 280 g/mol. The third-order valence-electron chi connectivity index (χ3n) is 3.70. The number of hydrogen-bond donors (Lipinski definition) is 1. The van der Waals surface area contributed by atoms with Crippen LogP contribution in [0.3, 0.4) is 0 Å². The van der Waals surface area contributed by atoms with E-state index in [1.165, 1.54) is 19.5 Å². The number of hydrogen-bond acceptors (Lipinski definition) is 3. The van der Waals surface area contributed by atoms with E-state index in [1.807, 2.05) is 6.07 Å². The minimum atomic E-state index is 0.452. The van der Waals surface area contributed by atoms with Gasteiger partial charge in [0.1, 0.15) is 12.4 Å². The average molecular weight is 297 g/mol. The molecule has 3 nitrogen and oxygen atoms in total. The van der Waals surface area contributed by atoms with E-state index < -0.39 is 0 Å². The first kappa shape index (κ1) is 11.4. The number of halogens is 1. The summed E-state index contributed by atoms with van der Waals surface area (Å²) >= 11 is 3.47. The standard InChI is InChI=1S/C13H17BrN2O/c1-16-5-4-9(7-16)12-8-17-13-6-10(14)2-3-11(13)15-12/h2-3,6,9,12,15H,4-5,7-8H2,1H3. The number of fused-ring (bicyclic) bond motifs is 1. The van der Waals surface area contributed by atoms with E-state index in [9.17, 15) is 0 Å². The third-order valence-corrected chi connectivity index (χ3v) is 4.19. The Labute approximate surface area is 110 Å². The Morgan fingerprint density at radius 3 is 3.12 bits per heavy atom. The third kappa shape index (κ3) is 2.29. The molecule has 0 aromatic heterocycles. The lowest BCUT2D eigenvalue weighted by atomic mass is 9.98. The number of rotatable bonds is 1. The summed E-state index contributed by atoms with van der Waals surface area (Å²) < 4.78 is 6.92. The first-order chi connectivity index (χ1) is 8.22. The van der Waals surface area contributed by atoms with Crippen molar-refractivity contribution in [2.75, 3.05) is 32.1 Å². The summed E-state index contributed by atoms with van der Waals surface area (Å²) in [5.41, 5.74) is 1.12. The summed E-state index contributed by atoms with van der Waals surface area (Å²) in [6.45, 7) is 3.16. The molecule has 0 amide bonds. The van der Waals surface area contributed by atoms with Crippen LogP contribution in [0.25, 0.3) is 0 Å². The lowest BCUT2D eigenvalue weighted by molar-refractivity contribution is 0.244. The molecule has 1 aromatic rings. The summed E-state index contributed by atoms with van der Waals surface area (Å²) in [4.78, 5) is 2.39. The van der Waals surface area contributed by atoms with E-state index in [4.69, 9.17) is 4.74 Å². The van der Waals surface area contributed by atoms with Crippen LogP contribution in [0, 0.1) is 5.92 Å². The largest absolute Gasteiger partial charge is 0.489 e. The molecule has 0 saturated carbocycles. The molecule has 92 valence electrons. The molecule has 4 heteroatoms. The molecule has 1 aromatic carbocycles. The number of nitrogens with one attached hydrogen (secondary N) is 1. The molecule has 0 aliphatic carbocycles. The van der Waals surface area contributed by atoms with Gasteiger partial charge in [0.25, 0.3) is 0 Å². The highest BCUT2D eigenvalue weighted by atomic mass is 79.9. The molecule has 2 atom stereocenters. The highest BCUT2D eigenvalue weighted by molar-refractivity contribution is 9.10. The van der Waals surface area contributed by atoms with Gasteiger partial charge in [-0.15, -0.1) is 0 Å². The van der Waals surface area contributed by atoms with E-state index in [-0.39, 0.29) is 0 Å². The molecule has 0 bridgehead atoms. The number of nitrogens with zero attached hydrogens (tertiary/aromatic N) is 1. The van der Waals surface area contributed by atoms with Crippen molar-refractivity contribution in [3.8, 4) is 5.75 Å². The van der Waals surface area contributed by atoms with Crippen molar-refractivity contribution in [1.82, 2.24) is 4.90 Å². The minimum Gasteiger partial charge on any atom is -0.489 e. The Morgan fingerprint density at radius 2 is 2.35 bits per heavy atom. The van der Waals surface area contributed by atoms with Crippen LogP contribution in [-0.4, -0.2) is 37.7 Å². The van der Waals surface area contributed by atoms with Gasteiger partial charge in [0.15, 0.2) is 0 Å². The maximum absolute atomic E-state index is 5.85. The summed E-state index contributed by atoms with van der Waals surface area (Å²) in [6.07, 6.45) is 1.27. The Hall–Kier alpha value is -0.740. The fourth-order valence-electron chi connectivity index (χ4n) is 2.71. The van der Waals surface area contributed by atoms with Gasteiger partial charge in [0.2, 0.25) is 0 Å². The SMILES string of the molecule is CN1CCC(C2COc3cc(Br)ccc3N2)C1. The number of anilines is 1. The molecule has 1 fully saturated rings. The molecule has 2 aliphatic rings. The monoisotopic (exact) mass is 296 g/mol. The molecule has 2 heterocycles. The van der Waals surface area contributed by atoms with Crippen LogP contribution in [0.5, 0.6) is 5.75 Å². The summed E-state index contributed by atoms with van der Waals surface area (Å²) in [5, 5.41) is 3.61. The Balaban J connectivity index is 1.74. The average Bonchev–Trinajstić information content (AvgIpc) is 2.75. The predicted molar refractivity (Wildman–Crippen MR) is 72.7 cm³/mol. The Bertz CT molecular complexity index is 424. The van der Waals surface area contributed by atoms with Crippen molar-refractivity contribution >= 4 is 21.6 Å². The van der Waals surface area contributed by atoms with Gasteiger partial charge in [-0.05, 0) is 44.1 Å². The van der Waals surface area contributed by atoms with Crippen molar-refractivity contribution in [1.29, 1.82) is 0 Å². The molecule has 1 saturated heterocycles. The van der Waals surface area contributed by atoms with Crippen LogP contribution >= 0.6 is 15.9 Å². The molecule has 2 unspecified atom stereocenters. The van der Waals surface area contributed by atoms with Crippen LogP contribution in [-0.2, 0) is 0 Å². The quantitative estimate of drug-likeness (QED) is 0.862. The molecule has 1 N–H and O–H groups in total. The first-order valence-electron chi connectivity index (χ1n) is 6.10. The van der Waals surface area contributed by atoms with Crippen molar-refractivity contribution in [2.45, 2.75) is 12.5 Å². The van der Waals surface area contributed by atoms with Gasteiger partial charge in [-0.2, -0.15) is 0 Å². The number of ether oxygens (including phenoxy) is 1. The second kappa shape index (κ2) is 4.50. The zero-order valence-corrected chi connectivity index (χ0v) is 11.5. The molecule has 3 rings (SSSR count).